The van der Waals surface area contributed by atoms with Crippen LogP contribution in [0.2, 0.25) is 0 Å². The van der Waals surface area contributed by atoms with Gasteiger partial charge in [-0.15, -0.1) is 0 Å². The zero-order valence-corrected chi connectivity index (χ0v) is 15.7. The third-order valence-corrected chi connectivity index (χ3v) is 5.46. The van der Waals surface area contributed by atoms with Crippen molar-refractivity contribution in [3.8, 4) is 11.5 Å². The van der Waals surface area contributed by atoms with Crippen molar-refractivity contribution in [2.75, 3.05) is 20.8 Å². The fourth-order valence-corrected chi connectivity index (χ4v) is 3.62. The van der Waals surface area contributed by atoms with E-state index in [1.807, 2.05) is 36.4 Å². The van der Waals surface area contributed by atoms with Crippen molar-refractivity contribution in [3.05, 3.63) is 59.8 Å². The van der Waals surface area contributed by atoms with Gasteiger partial charge < -0.3 is 19.8 Å². The Hall–Kier alpha value is -2.95. The Balaban J connectivity index is 1.44. The molecule has 27 heavy (non-hydrogen) atoms. The second-order valence-corrected chi connectivity index (χ2v) is 7.20. The topological polar surface area (TPSA) is 63.3 Å². The van der Waals surface area contributed by atoms with E-state index in [0.29, 0.717) is 13.0 Å². The predicted molar refractivity (Wildman–Crippen MR) is 105 cm³/mol. The van der Waals surface area contributed by atoms with Gasteiger partial charge in [0, 0.05) is 29.1 Å². The summed E-state index contributed by atoms with van der Waals surface area (Å²) in [4.78, 5) is 15.7. The molecule has 1 aromatic heterocycles. The van der Waals surface area contributed by atoms with E-state index in [1.165, 1.54) is 10.9 Å². The number of carbonyl (C=O) groups is 1. The standard InChI is InChI=1S/C22H24N2O3/c1-26-16-5-3-15(4-6-16)11-21(25)24-14-22(9-10-22)19-13-23-20-8-7-17(27-2)12-18(19)20/h3-8,12-13,23H,9-11,14H2,1-2H3,(H,24,25). The summed E-state index contributed by atoms with van der Waals surface area (Å²) in [5, 5.41) is 4.31. The molecule has 1 fully saturated rings. The minimum atomic E-state index is 0.0280. The molecule has 1 saturated carbocycles. The highest BCUT2D eigenvalue weighted by molar-refractivity contribution is 5.86. The van der Waals surface area contributed by atoms with E-state index in [1.54, 1.807) is 14.2 Å². The van der Waals surface area contributed by atoms with E-state index in [2.05, 4.69) is 22.6 Å². The normalized spacial score (nSPS) is 14.7. The molecule has 0 radical (unpaired) electrons. The number of amides is 1. The molecular weight excluding hydrogens is 340 g/mol. The zero-order valence-electron chi connectivity index (χ0n) is 15.7. The van der Waals surface area contributed by atoms with E-state index in [0.717, 1.165) is 35.4 Å². The van der Waals surface area contributed by atoms with Crippen molar-refractivity contribution in [3.63, 3.8) is 0 Å². The zero-order chi connectivity index (χ0) is 18.9. The lowest BCUT2D eigenvalue weighted by molar-refractivity contribution is -0.120. The maximum Gasteiger partial charge on any atom is 0.224 e. The number of ether oxygens (including phenoxy) is 2. The number of H-pyrrole nitrogens is 1. The van der Waals surface area contributed by atoms with Crippen molar-refractivity contribution in [2.45, 2.75) is 24.7 Å². The molecule has 1 aliphatic rings. The van der Waals surface area contributed by atoms with Crippen LogP contribution in [0.25, 0.3) is 10.9 Å². The van der Waals surface area contributed by atoms with E-state index < -0.39 is 0 Å². The highest BCUT2D eigenvalue weighted by atomic mass is 16.5. The molecule has 3 aromatic rings. The minimum Gasteiger partial charge on any atom is -0.497 e. The third-order valence-electron chi connectivity index (χ3n) is 5.46. The average molecular weight is 364 g/mol. The van der Waals surface area contributed by atoms with Gasteiger partial charge in [0.1, 0.15) is 11.5 Å². The highest BCUT2D eigenvalue weighted by Crippen LogP contribution is 2.50. The molecule has 0 atom stereocenters. The number of carbonyl (C=O) groups excluding carboxylic acids is 1. The smallest absolute Gasteiger partial charge is 0.224 e. The molecule has 0 saturated heterocycles. The summed E-state index contributed by atoms with van der Waals surface area (Å²) in [7, 11) is 3.32. The Morgan fingerprint density at radius 2 is 1.78 bits per heavy atom. The lowest BCUT2D eigenvalue weighted by Crippen LogP contribution is -2.33. The second-order valence-electron chi connectivity index (χ2n) is 7.20. The fraction of sp³-hybridized carbons (Fsp3) is 0.318. The van der Waals surface area contributed by atoms with Gasteiger partial charge in [-0.1, -0.05) is 12.1 Å². The van der Waals surface area contributed by atoms with Crippen molar-refractivity contribution in [2.24, 2.45) is 0 Å². The number of aromatic amines is 1. The molecule has 140 valence electrons. The lowest BCUT2D eigenvalue weighted by Gasteiger charge is -2.16. The maximum atomic E-state index is 12.4. The molecule has 5 heteroatoms. The molecule has 1 aliphatic carbocycles. The Bertz CT molecular complexity index is 955. The molecule has 5 nitrogen and oxygen atoms in total. The molecule has 0 bridgehead atoms. The number of benzene rings is 2. The van der Waals surface area contributed by atoms with Crippen LogP contribution in [0.1, 0.15) is 24.0 Å². The Kier molecular flexibility index (Phi) is 4.52. The van der Waals surface area contributed by atoms with Crippen molar-refractivity contribution < 1.29 is 14.3 Å². The van der Waals surface area contributed by atoms with Gasteiger partial charge in [0.2, 0.25) is 5.91 Å². The van der Waals surface area contributed by atoms with Crippen molar-refractivity contribution in [1.82, 2.24) is 10.3 Å². The molecule has 2 aromatic carbocycles. The van der Waals surface area contributed by atoms with Gasteiger partial charge in [-0.2, -0.15) is 0 Å². The largest absolute Gasteiger partial charge is 0.497 e. The van der Waals surface area contributed by atoms with Gasteiger partial charge in [-0.25, -0.2) is 0 Å². The number of hydrogen-bond acceptors (Lipinski definition) is 3. The molecule has 0 spiro atoms. The van der Waals surface area contributed by atoms with Gasteiger partial charge in [0.25, 0.3) is 0 Å². The van der Waals surface area contributed by atoms with E-state index in [-0.39, 0.29) is 11.3 Å². The first-order valence-corrected chi connectivity index (χ1v) is 9.19. The number of methoxy groups -OCH3 is 2. The summed E-state index contributed by atoms with van der Waals surface area (Å²) < 4.78 is 10.5. The van der Waals surface area contributed by atoms with Crippen LogP contribution in [0.4, 0.5) is 0 Å². The van der Waals surface area contributed by atoms with Gasteiger partial charge >= 0.3 is 0 Å². The third kappa shape index (κ3) is 3.50. The lowest BCUT2D eigenvalue weighted by atomic mass is 9.95. The first-order chi connectivity index (χ1) is 13.1. The van der Waals surface area contributed by atoms with E-state index in [4.69, 9.17) is 9.47 Å². The minimum absolute atomic E-state index is 0.0280. The molecule has 1 amide bonds. The van der Waals surface area contributed by atoms with Crippen LogP contribution in [0.15, 0.2) is 48.7 Å². The van der Waals surface area contributed by atoms with Crippen LogP contribution in [-0.2, 0) is 16.6 Å². The van der Waals surface area contributed by atoms with Crippen LogP contribution in [-0.4, -0.2) is 31.7 Å². The quantitative estimate of drug-likeness (QED) is 0.674. The summed E-state index contributed by atoms with van der Waals surface area (Å²) in [5.74, 6) is 1.69. The number of fused-ring (bicyclic) bond motifs is 1. The Morgan fingerprint density at radius 3 is 2.44 bits per heavy atom. The summed E-state index contributed by atoms with van der Waals surface area (Å²) in [6, 6.07) is 13.7. The number of hydrogen-bond donors (Lipinski definition) is 2. The predicted octanol–water partition coefficient (Wildman–Crippen LogP) is 3.58. The number of rotatable bonds is 7. The fourth-order valence-electron chi connectivity index (χ4n) is 3.62. The average Bonchev–Trinajstić information content (AvgIpc) is 3.37. The molecule has 2 N–H and O–H groups in total. The Morgan fingerprint density at radius 1 is 1.07 bits per heavy atom. The SMILES string of the molecule is COc1ccc(CC(=O)NCC2(c3c[nH]c4ccc(OC)cc34)CC2)cc1. The number of aromatic nitrogens is 1. The Labute approximate surface area is 158 Å². The van der Waals surface area contributed by atoms with Crippen LogP contribution in [0, 0.1) is 0 Å². The monoisotopic (exact) mass is 364 g/mol. The molecular formula is C22H24N2O3. The van der Waals surface area contributed by atoms with Crippen LogP contribution in [0.5, 0.6) is 11.5 Å². The number of nitrogens with one attached hydrogen (secondary N) is 2. The maximum absolute atomic E-state index is 12.4. The summed E-state index contributed by atoms with van der Waals surface area (Å²) >= 11 is 0. The van der Waals surface area contributed by atoms with Crippen molar-refractivity contribution in [1.29, 1.82) is 0 Å². The molecule has 1 heterocycles. The van der Waals surface area contributed by atoms with Crippen LogP contribution < -0.4 is 14.8 Å². The van der Waals surface area contributed by atoms with Gasteiger partial charge in [0.15, 0.2) is 0 Å². The first kappa shape index (κ1) is 17.5. The van der Waals surface area contributed by atoms with Crippen LogP contribution >= 0.6 is 0 Å². The van der Waals surface area contributed by atoms with Gasteiger partial charge in [-0.05, 0) is 54.3 Å². The van der Waals surface area contributed by atoms with E-state index >= 15 is 0 Å². The molecule has 0 aliphatic heterocycles. The summed E-state index contributed by atoms with van der Waals surface area (Å²) in [6.07, 6.45) is 4.62. The highest BCUT2D eigenvalue weighted by Gasteiger charge is 2.45. The summed E-state index contributed by atoms with van der Waals surface area (Å²) in [6.45, 7) is 0.659. The van der Waals surface area contributed by atoms with E-state index in [9.17, 15) is 4.79 Å². The van der Waals surface area contributed by atoms with Gasteiger partial charge in [0.05, 0.1) is 20.6 Å². The molecule has 4 rings (SSSR count). The van der Waals surface area contributed by atoms with Crippen molar-refractivity contribution >= 4 is 16.8 Å². The van der Waals surface area contributed by atoms with Crippen LogP contribution in [0.3, 0.4) is 0 Å². The second kappa shape index (κ2) is 6.99. The molecule has 0 unspecified atom stereocenters. The van der Waals surface area contributed by atoms with Gasteiger partial charge in [-0.3, -0.25) is 4.79 Å². The summed E-state index contributed by atoms with van der Waals surface area (Å²) in [5.41, 5.74) is 3.37. The first-order valence-electron chi connectivity index (χ1n) is 9.19.